The topological polar surface area (TPSA) is 52.8 Å². The van der Waals surface area contributed by atoms with Crippen LogP contribution in [0.4, 0.5) is 0 Å². The second-order valence-electron chi connectivity index (χ2n) is 9.08. The highest BCUT2D eigenvalue weighted by Crippen LogP contribution is 2.31. The Kier molecular flexibility index (Phi) is 6.27. The number of hydrogen-bond donors (Lipinski definition) is 0. The zero-order chi connectivity index (χ0) is 21.4. The summed E-state index contributed by atoms with van der Waals surface area (Å²) in [5.41, 5.74) is 0.220. The van der Waals surface area contributed by atoms with Crippen molar-refractivity contribution in [2.24, 2.45) is 4.99 Å². The predicted molar refractivity (Wildman–Crippen MR) is 117 cm³/mol. The molecule has 1 unspecified atom stereocenters. The van der Waals surface area contributed by atoms with Crippen molar-refractivity contribution in [1.29, 1.82) is 0 Å². The van der Waals surface area contributed by atoms with Crippen molar-refractivity contribution in [2.75, 3.05) is 7.11 Å². The van der Waals surface area contributed by atoms with Gasteiger partial charge >= 0.3 is 0 Å². The van der Waals surface area contributed by atoms with Gasteiger partial charge in [0.2, 0.25) is 0 Å². The van der Waals surface area contributed by atoms with Crippen LogP contribution in [0.25, 0.3) is 0 Å². The van der Waals surface area contributed by atoms with Crippen LogP contribution in [0, 0.1) is 0 Å². The molecule has 0 radical (unpaired) electrons. The first-order valence-corrected chi connectivity index (χ1v) is 11.0. The third-order valence-corrected chi connectivity index (χ3v) is 6.68. The van der Waals surface area contributed by atoms with E-state index in [2.05, 4.69) is 45.8 Å². The molecule has 1 aliphatic rings. The summed E-state index contributed by atoms with van der Waals surface area (Å²) in [4.78, 5) is 19.2. The highest BCUT2D eigenvalue weighted by Gasteiger charge is 2.32. The Labute approximate surface area is 181 Å². The third-order valence-electron chi connectivity index (χ3n) is 5.00. The molecule has 158 valence electrons. The highest BCUT2D eigenvalue weighted by atomic mass is 35.5. The van der Waals surface area contributed by atoms with Crippen molar-refractivity contribution < 1.29 is 14.3 Å². The van der Waals surface area contributed by atoms with Crippen LogP contribution in [-0.4, -0.2) is 29.3 Å². The Bertz CT molecular complexity index is 969. The number of halogens is 1. The zero-order valence-electron chi connectivity index (χ0n) is 17.9. The van der Waals surface area contributed by atoms with E-state index in [0.29, 0.717) is 27.7 Å². The Morgan fingerprint density at radius 1 is 1.41 bits per heavy atom. The van der Waals surface area contributed by atoms with E-state index in [1.165, 1.54) is 23.3 Å². The van der Waals surface area contributed by atoms with E-state index in [1.807, 2.05) is 4.57 Å². The van der Waals surface area contributed by atoms with Gasteiger partial charge < -0.3 is 14.0 Å². The van der Waals surface area contributed by atoms with Crippen molar-refractivity contribution in [3.8, 4) is 5.75 Å². The van der Waals surface area contributed by atoms with Crippen LogP contribution in [0.3, 0.4) is 0 Å². The summed E-state index contributed by atoms with van der Waals surface area (Å²) >= 11 is 7.62. The van der Waals surface area contributed by atoms with Gasteiger partial charge in [-0.25, -0.2) is 0 Å². The molecular weight excluding hydrogens is 408 g/mol. The molecule has 2 heterocycles. The molecule has 1 atom stereocenters. The minimum atomic E-state index is -0.368. The summed E-state index contributed by atoms with van der Waals surface area (Å²) in [6.07, 6.45) is 4.23. The molecular formula is C22H29ClN2O3S. The van der Waals surface area contributed by atoms with Gasteiger partial charge in [-0.3, -0.25) is 4.79 Å². The zero-order valence-corrected chi connectivity index (χ0v) is 19.5. The largest absolute Gasteiger partial charge is 0.496 e. The van der Waals surface area contributed by atoms with Crippen LogP contribution in [0.15, 0.2) is 29.4 Å². The van der Waals surface area contributed by atoms with Gasteiger partial charge in [-0.2, -0.15) is 4.99 Å². The number of rotatable bonds is 4. The van der Waals surface area contributed by atoms with Crippen molar-refractivity contribution in [1.82, 2.24) is 4.57 Å². The third kappa shape index (κ3) is 5.30. The number of aromatic nitrogens is 1. The van der Waals surface area contributed by atoms with Gasteiger partial charge in [0.1, 0.15) is 5.75 Å². The number of thiazole rings is 1. The lowest BCUT2D eigenvalue weighted by molar-refractivity contribution is -0.0220. The Balaban J connectivity index is 2.00. The molecule has 1 saturated heterocycles. The van der Waals surface area contributed by atoms with Gasteiger partial charge in [-0.15, -0.1) is 11.3 Å². The fraction of sp³-hybridized carbons (Fsp3) is 0.545. The first-order chi connectivity index (χ1) is 13.5. The molecule has 0 aliphatic carbocycles. The summed E-state index contributed by atoms with van der Waals surface area (Å²) in [5.74, 6) is 0.0938. The molecule has 1 aliphatic heterocycles. The van der Waals surface area contributed by atoms with Gasteiger partial charge in [-0.05, 0) is 50.3 Å². The average molecular weight is 437 g/mol. The molecule has 0 bridgehead atoms. The van der Waals surface area contributed by atoms with Gasteiger partial charge in [0.15, 0.2) is 4.80 Å². The van der Waals surface area contributed by atoms with Crippen molar-refractivity contribution >= 4 is 28.8 Å². The smallest absolute Gasteiger partial charge is 0.283 e. The molecule has 1 fully saturated rings. The van der Waals surface area contributed by atoms with Gasteiger partial charge in [0, 0.05) is 16.1 Å². The maximum absolute atomic E-state index is 13.0. The van der Waals surface area contributed by atoms with Gasteiger partial charge in [0.05, 0.1) is 30.9 Å². The number of benzene rings is 1. The van der Waals surface area contributed by atoms with Crippen molar-refractivity contribution in [3.05, 3.63) is 44.7 Å². The first kappa shape index (κ1) is 22.1. The molecule has 0 spiro atoms. The van der Waals surface area contributed by atoms with Crippen LogP contribution < -0.4 is 9.54 Å². The molecule has 29 heavy (non-hydrogen) atoms. The fourth-order valence-corrected chi connectivity index (χ4v) is 4.59. The quantitative estimate of drug-likeness (QED) is 0.661. The van der Waals surface area contributed by atoms with E-state index in [4.69, 9.17) is 21.1 Å². The number of amides is 1. The Morgan fingerprint density at radius 3 is 2.72 bits per heavy atom. The maximum Gasteiger partial charge on any atom is 0.283 e. The van der Waals surface area contributed by atoms with Crippen molar-refractivity contribution in [2.45, 2.75) is 71.1 Å². The number of carbonyl (C=O) groups excluding carboxylic acids is 1. The second-order valence-corrected chi connectivity index (χ2v) is 10.5. The number of nitrogens with zero attached hydrogens (tertiary/aromatic N) is 2. The summed E-state index contributed by atoms with van der Waals surface area (Å²) in [7, 11) is 1.53. The van der Waals surface area contributed by atoms with Crippen LogP contribution in [0.2, 0.25) is 5.02 Å². The van der Waals surface area contributed by atoms with Crippen LogP contribution >= 0.6 is 22.9 Å². The predicted octanol–water partition coefficient (Wildman–Crippen LogP) is 5.21. The molecule has 0 saturated carbocycles. The number of methoxy groups -OCH3 is 1. The minimum Gasteiger partial charge on any atom is -0.496 e. The summed E-state index contributed by atoms with van der Waals surface area (Å²) in [5, 5.41) is 0.473. The van der Waals surface area contributed by atoms with E-state index >= 15 is 0 Å². The molecule has 5 nitrogen and oxygen atoms in total. The van der Waals surface area contributed by atoms with Crippen molar-refractivity contribution in [3.63, 3.8) is 0 Å². The van der Waals surface area contributed by atoms with E-state index in [0.717, 1.165) is 12.8 Å². The van der Waals surface area contributed by atoms with E-state index in [9.17, 15) is 4.79 Å². The normalized spacial score (nSPS) is 19.6. The molecule has 0 N–H and O–H groups in total. The second kappa shape index (κ2) is 8.25. The molecule has 7 heteroatoms. The summed E-state index contributed by atoms with van der Waals surface area (Å²) < 4.78 is 13.5. The number of carbonyl (C=O) groups is 1. The molecule has 3 rings (SSSR count). The standard InChI is InChI=1S/C22H29ClN2O3S/c1-21(2,3)18-13-25(12-15-9-10-22(4,5)28-15)20(29-18)24-19(26)16-11-14(23)7-8-17(16)27-6/h7-8,11,13,15H,9-10,12H2,1-6H3/b24-20-. The van der Waals surface area contributed by atoms with E-state index in [1.54, 1.807) is 18.2 Å². The number of hydrogen-bond acceptors (Lipinski definition) is 4. The van der Waals surface area contributed by atoms with Gasteiger partial charge in [-0.1, -0.05) is 32.4 Å². The lowest BCUT2D eigenvalue weighted by atomic mass is 9.95. The SMILES string of the molecule is COc1ccc(Cl)cc1C(=O)/N=c1\sc(C(C)(C)C)cn1CC1CCC(C)(C)O1. The Hall–Kier alpha value is -1.63. The summed E-state index contributed by atoms with van der Waals surface area (Å²) in [6, 6.07) is 4.97. The highest BCUT2D eigenvalue weighted by molar-refractivity contribution is 7.09. The Morgan fingerprint density at radius 2 is 2.14 bits per heavy atom. The van der Waals surface area contributed by atoms with E-state index in [-0.39, 0.29) is 23.0 Å². The lowest BCUT2D eigenvalue weighted by Crippen LogP contribution is -2.26. The van der Waals surface area contributed by atoms with Gasteiger partial charge in [0.25, 0.3) is 5.91 Å². The fourth-order valence-electron chi connectivity index (χ4n) is 3.36. The molecule has 1 aromatic carbocycles. The molecule has 2 aromatic rings. The van der Waals surface area contributed by atoms with Crippen LogP contribution in [0.5, 0.6) is 5.75 Å². The lowest BCUT2D eigenvalue weighted by Gasteiger charge is -2.19. The molecule has 1 aromatic heterocycles. The maximum atomic E-state index is 13.0. The number of ether oxygens (including phenoxy) is 2. The minimum absolute atomic E-state index is 0.0349. The summed E-state index contributed by atoms with van der Waals surface area (Å²) in [6.45, 7) is 11.4. The van der Waals surface area contributed by atoms with E-state index < -0.39 is 0 Å². The van der Waals surface area contributed by atoms with Crippen LogP contribution in [0.1, 0.15) is 62.7 Å². The first-order valence-electron chi connectivity index (χ1n) is 9.80. The monoisotopic (exact) mass is 436 g/mol. The average Bonchev–Trinajstić information content (AvgIpc) is 3.17. The molecule has 1 amide bonds. The van der Waals surface area contributed by atoms with Crippen LogP contribution in [-0.2, 0) is 16.7 Å².